The summed E-state index contributed by atoms with van der Waals surface area (Å²) in [4.78, 5) is 25.5. The zero-order valence-corrected chi connectivity index (χ0v) is 13.4. The van der Waals surface area contributed by atoms with Crippen LogP contribution in [0.1, 0.15) is 37.7 Å². The van der Waals surface area contributed by atoms with Gasteiger partial charge in [0.25, 0.3) is 0 Å². The molecule has 0 spiro atoms. The van der Waals surface area contributed by atoms with Gasteiger partial charge in [-0.05, 0) is 25.3 Å². The standard InChI is InChI=1S/C17H21F2N3O2/c18-11-8-14(19)13-6-7-22(15(13)9-11)16(23)10-20-17(24)21-12-4-2-1-3-5-12/h8-9,12H,1-7,10H2,(H2,20,21,24). The van der Waals surface area contributed by atoms with Crippen molar-refractivity contribution >= 4 is 17.6 Å². The van der Waals surface area contributed by atoms with Crippen molar-refractivity contribution < 1.29 is 18.4 Å². The molecule has 3 rings (SSSR count). The highest BCUT2D eigenvalue weighted by Crippen LogP contribution is 2.31. The van der Waals surface area contributed by atoms with Gasteiger partial charge in [-0.1, -0.05) is 19.3 Å². The minimum absolute atomic E-state index is 0.157. The third-order valence-electron chi connectivity index (χ3n) is 4.65. The van der Waals surface area contributed by atoms with Gasteiger partial charge in [0.1, 0.15) is 11.6 Å². The number of carbonyl (C=O) groups is 2. The van der Waals surface area contributed by atoms with Crippen LogP contribution in [-0.4, -0.2) is 31.1 Å². The second-order valence-electron chi connectivity index (χ2n) is 6.34. The summed E-state index contributed by atoms with van der Waals surface area (Å²) < 4.78 is 27.1. The van der Waals surface area contributed by atoms with Crippen LogP contribution in [0.4, 0.5) is 19.3 Å². The largest absolute Gasteiger partial charge is 0.335 e. The molecule has 24 heavy (non-hydrogen) atoms. The Morgan fingerprint density at radius 3 is 2.67 bits per heavy atom. The zero-order valence-electron chi connectivity index (χ0n) is 13.4. The van der Waals surface area contributed by atoms with Crippen LogP contribution in [0.5, 0.6) is 0 Å². The van der Waals surface area contributed by atoms with Crippen molar-refractivity contribution in [2.75, 3.05) is 18.0 Å². The lowest BCUT2D eigenvalue weighted by Gasteiger charge is -2.23. The van der Waals surface area contributed by atoms with Crippen molar-refractivity contribution in [1.82, 2.24) is 10.6 Å². The number of carbonyl (C=O) groups excluding carboxylic acids is 2. The maximum atomic E-state index is 13.7. The summed E-state index contributed by atoms with van der Waals surface area (Å²) in [6, 6.07) is 1.76. The molecule has 3 amide bonds. The van der Waals surface area contributed by atoms with Gasteiger partial charge in [0.15, 0.2) is 0 Å². The van der Waals surface area contributed by atoms with E-state index in [9.17, 15) is 18.4 Å². The highest BCUT2D eigenvalue weighted by Gasteiger charge is 2.28. The number of benzene rings is 1. The Balaban J connectivity index is 1.54. The van der Waals surface area contributed by atoms with E-state index in [0.29, 0.717) is 18.5 Å². The number of hydrogen-bond donors (Lipinski definition) is 2. The topological polar surface area (TPSA) is 61.4 Å². The fraction of sp³-hybridized carbons (Fsp3) is 0.529. The Kier molecular flexibility index (Phi) is 4.97. The van der Waals surface area contributed by atoms with Crippen LogP contribution in [-0.2, 0) is 11.2 Å². The summed E-state index contributed by atoms with van der Waals surface area (Å²) in [5, 5.41) is 5.40. The van der Waals surface area contributed by atoms with Crippen LogP contribution in [0.15, 0.2) is 12.1 Å². The zero-order chi connectivity index (χ0) is 17.1. The molecule has 1 saturated carbocycles. The van der Waals surface area contributed by atoms with Crippen molar-refractivity contribution in [2.45, 2.75) is 44.6 Å². The first-order valence-corrected chi connectivity index (χ1v) is 8.37. The van der Waals surface area contributed by atoms with E-state index >= 15 is 0 Å². The first-order chi connectivity index (χ1) is 11.5. The van der Waals surface area contributed by atoms with Crippen molar-refractivity contribution in [3.05, 3.63) is 29.3 Å². The summed E-state index contributed by atoms with van der Waals surface area (Å²) in [6.45, 7) is 0.0938. The highest BCUT2D eigenvalue weighted by atomic mass is 19.1. The molecule has 1 aliphatic carbocycles. The lowest BCUT2D eigenvalue weighted by Crippen LogP contribution is -2.47. The molecule has 1 aromatic rings. The van der Waals surface area contributed by atoms with E-state index in [4.69, 9.17) is 0 Å². The van der Waals surface area contributed by atoms with E-state index in [2.05, 4.69) is 10.6 Å². The fourth-order valence-corrected chi connectivity index (χ4v) is 3.42. The van der Waals surface area contributed by atoms with Crippen LogP contribution >= 0.6 is 0 Å². The number of fused-ring (bicyclic) bond motifs is 1. The van der Waals surface area contributed by atoms with Gasteiger partial charge in [-0.25, -0.2) is 13.6 Å². The van der Waals surface area contributed by atoms with E-state index < -0.39 is 11.6 Å². The molecular formula is C17H21F2N3O2. The molecule has 0 saturated heterocycles. The number of anilines is 1. The third-order valence-corrected chi connectivity index (χ3v) is 4.65. The third kappa shape index (κ3) is 3.66. The monoisotopic (exact) mass is 337 g/mol. The van der Waals surface area contributed by atoms with Crippen LogP contribution < -0.4 is 15.5 Å². The first-order valence-electron chi connectivity index (χ1n) is 8.37. The van der Waals surface area contributed by atoms with Crippen molar-refractivity contribution in [2.24, 2.45) is 0 Å². The second-order valence-corrected chi connectivity index (χ2v) is 6.34. The summed E-state index contributed by atoms with van der Waals surface area (Å²) in [5.74, 6) is -1.73. The molecule has 1 heterocycles. The molecule has 2 N–H and O–H groups in total. The molecule has 7 heteroatoms. The molecule has 1 fully saturated rings. The number of amides is 3. The summed E-state index contributed by atoms with van der Waals surface area (Å²) in [5.41, 5.74) is 0.600. The van der Waals surface area contributed by atoms with E-state index in [1.54, 1.807) is 0 Å². The van der Waals surface area contributed by atoms with Gasteiger partial charge in [-0.15, -0.1) is 0 Å². The van der Waals surface area contributed by atoms with Gasteiger partial charge in [0, 0.05) is 24.2 Å². The van der Waals surface area contributed by atoms with E-state index in [1.807, 2.05) is 0 Å². The van der Waals surface area contributed by atoms with Gasteiger partial charge in [-0.3, -0.25) is 4.79 Å². The van der Waals surface area contributed by atoms with E-state index in [1.165, 1.54) is 11.3 Å². The van der Waals surface area contributed by atoms with Crippen LogP contribution in [0.3, 0.4) is 0 Å². The smallest absolute Gasteiger partial charge is 0.315 e. The quantitative estimate of drug-likeness (QED) is 0.890. The minimum atomic E-state index is -0.714. The number of nitrogens with zero attached hydrogens (tertiary/aromatic N) is 1. The Labute approximate surface area is 139 Å². The van der Waals surface area contributed by atoms with Gasteiger partial charge >= 0.3 is 6.03 Å². The summed E-state index contributed by atoms with van der Waals surface area (Å²) in [6.07, 6.45) is 5.66. The Morgan fingerprint density at radius 1 is 1.17 bits per heavy atom. The average Bonchev–Trinajstić information content (AvgIpc) is 2.97. The Morgan fingerprint density at radius 2 is 1.92 bits per heavy atom. The molecule has 1 aliphatic heterocycles. The van der Waals surface area contributed by atoms with Crippen LogP contribution in [0.2, 0.25) is 0 Å². The van der Waals surface area contributed by atoms with Gasteiger partial charge in [0.05, 0.1) is 12.2 Å². The molecule has 0 bridgehead atoms. The van der Waals surface area contributed by atoms with Gasteiger partial charge in [0.2, 0.25) is 5.91 Å². The summed E-state index contributed by atoms with van der Waals surface area (Å²) in [7, 11) is 0. The molecular weight excluding hydrogens is 316 g/mol. The Hall–Kier alpha value is -2.18. The van der Waals surface area contributed by atoms with Crippen molar-refractivity contribution in [1.29, 1.82) is 0 Å². The maximum absolute atomic E-state index is 13.7. The highest BCUT2D eigenvalue weighted by molar-refractivity contribution is 5.98. The molecule has 1 aromatic carbocycles. The Bertz CT molecular complexity index is 645. The molecule has 130 valence electrons. The fourth-order valence-electron chi connectivity index (χ4n) is 3.42. The molecule has 0 aromatic heterocycles. The van der Waals surface area contributed by atoms with Gasteiger partial charge < -0.3 is 15.5 Å². The number of halogens is 2. The lowest BCUT2D eigenvalue weighted by atomic mass is 9.96. The predicted octanol–water partition coefficient (Wildman–Crippen LogP) is 2.49. The normalized spacial score (nSPS) is 17.5. The van der Waals surface area contributed by atoms with Crippen molar-refractivity contribution in [3.8, 4) is 0 Å². The summed E-state index contributed by atoms with van der Waals surface area (Å²) >= 11 is 0. The van der Waals surface area contributed by atoms with Crippen LogP contribution in [0.25, 0.3) is 0 Å². The van der Waals surface area contributed by atoms with E-state index in [0.717, 1.165) is 37.8 Å². The molecule has 0 unspecified atom stereocenters. The molecule has 5 nitrogen and oxygen atoms in total. The molecule has 2 aliphatic rings. The predicted molar refractivity (Wildman–Crippen MR) is 85.8 cm³/mol. The first kappa shape index (κ1) is 16.7. The van der Waals surface area contributed by atoms with Crippen molar-refractivity contribution in [3.63, 3.8) is 0 Å². The molecule has 0 atom stereocenters. The second kappa shape index (κ2) is 7.15. The number of nitrogens with one attached hydrogen (secondary N) is 2. The van der Waals surface area contributed by atoms with Gasteiger partial charge in [-0.2, -0.15) is 0 Å². The van der Waals surface area contributed by atoms with Crippen LogP contribution in [0, 0.1) is 11.6 Å². The number of urea groups is 1. The molecule has 0 radical (unpaired) electrons. The minimum Gasteiger partial charge on any atom is -0.335 e. The SMILES string of the molecule is O=C(NCC(=O)N1CCc2c(F)cc(F)cc21)NC1CCCCC1. The number of hydrogen-bond acceptors (Lipinski definition) is 2. The number of rotatable bonds is 3. The van der Waals surface area contributed by atoms with E-state index in [-0.39, 0.29) is 30.2 Å². The maximum Gasteiger partial charge on any atom is 0.315 e. The average molecular weight is 337 g/mol. The lowest BCUT2D eigenvalue weighted by molar-refractivity contribution is -0.117.